The first-order valence-corrected chi connectivity index (χ1v) is 4.46. The lowest BCUT2D eigenvalue weighted by molar-refractivity contribution is -0.117. The summed E-state index contributed by atoms with van der Waals surface area (Å²) in [5, 5.41) is 0. The molecule has 1 aromatic rings. The largest absolute Gasteiger partial charge is 0.370 e. The highest BCUT2D eigenvalue weighted by Gasteiger charge is 2.03. The Balaban J connectivity index is 2.85. The van der Waals surface area contributed by atoms with E-state index in [-0.39, 0.29) is 12.3 Å². The maximum Gasteiger partial charge on any atom is 0.217 e. The van der Waals surface area contributed by atoms with Crippen LogP contribution >= 0.6 is 0 Å². The van der Waals surface area contributed by atoms with Crippen molar-refractivity contribution in [3.05, 3.63) is 34.9 Å². The van der Waals surface area contributed by atoms with E-state index in [4.69, 9.17) is 5.73 Å². The second kappa shape index (κ2) is 4.56. The van der Waals surface area contributed by atoms with Gasteiger partial charge in [0.05, 0.1) is 0 Å². The standard InChI is InChI=1S/C11H13NO2/c1-8-2-3-9(4-5-11(12)14)10(6-8)7-13/h2-3,6-7H,4-5H2,1H3,(H2,12,14). The van der Waals surface area contributed by atoms with Gasteiger partial charge in [-0.2, -0.15) is 0 Å². The first-order valence-electron chi connectivity index (χ1n) is 4.46. The molecule has 0 heterocycles. The van der Waals surface area contributed by atoms with E-state index in [1.54, 1.807) is 0 Å². The average molecular weight is 191 g/mol. The number of aryl methyl sites for hydroxylation is 2. The highest BCUT2D eigenvalue weighted by molar-refractivity contribution is 5.79. The third kappa shape index (κ3) is 2.69. The summed E-state index contributed by atoms with van der Waals surface area (Å²) in [5.74, 6) is -0.345. The molecule has 0 aliphatic heterocycles. The fraction of sp³-hybridized carbons (Fsp3) is 0.273. The highest BCUT2D eigenvalue weighted by Crippen LogP contribution is 2.11. The number of benzene rings is 1. The van der Waals surface area contributed by atoms with Crippen LogP contribution in [0.1, 0.15) is 27.9 Å². The van der Waals surface area contributed by atoms with Gasteiger partial charge in [0.25, 0.3) is 0 Å². The van der Waals surface area contributed by atoms with Crippen molar-refractivity contribution in [1.82, 2.24) is 0 Å². The van der Waals surface area contributed by atoms with Crippen LogP contribution in [-0.2, 0) is 11.2 Å². The van der Waals surface area contributed by atoms with E-state index in [9.17, 15) is 9.59 Å². The quantitative estimate of drug-likeness (QED) is 0.727. The molecular formula is C11H13NO2. The monoisotopic (exact) mass is 191 g/mol. The van der Waals surface area contributed by atoms with Gasteiger partial charge in [-0.05, 0) is 25.0 Å². The summed E-state index contributed by atoms with van der Waals surface area (Å²) >= 11 is 0. The number of aldehydes is 1. The third-order valence-electron chi connectivity index (χ3n) is 2.07. The summed E-state index contributed by atoms with van der Waals surface area (Å²) in [6, 6.07) is 5.59. The Kier molecular flexibility index (Phi) is 3.40. The molecule has 0 saturated heterocycles. The molecule has 0 fully saturated rings. The van der Waals surface area contributed by atoms with Crippen molar-refractivity contribution < 1.29 is 9.59 Å². The van der Waals surface area contributed by atoms with Gasteiger partial charge in [0, 0.05) is 12.0 Å². The predicted molar refractivity (Wildman–Crippen MR) is 54.1 cm³/mol. The molecule has 14 heavy (non-hydrogen) atoms. The van der Waals surface area contributed by atoms with Crippen LogP contribution < -0.4 is 5.73 Å². The van der Waals surface area contributed by atoms with Gasteiger partial charge in [0.2, 0.25) is 5.91 Å². The molecule has 0 aliphatic rings. The van der Waals surface area contributed by atoms with E-state index < -0.39 is 0 Å². The molecule has 2 N–H and O–H groups in total. The van der Waals surface area contributed by atoms with Gasteiger partial charge in [-0.25, -0.2) is 0 Å². The number of nitrogens with two attached hydrogens (primary N) is 1. The molecule has 0 aromatic heterocycles. The summed E-state index contributed by atoms with van der Waals surface area (Å²) in [6.07, 6.45) is 1.62. The van der Waals surface area contributed by atoms with Crippen molar-refractivity contribution in [3.63, 3.8) is 0 Å². The molecule has 3 heteroatoms. The molecule has 0 saturated carbocycles. The summed E-state index contributed by atoms with van der Waals surface area (Å²) in [5.41, 5.74) is 7.60. The molecule has 74 valence electrons. The lowest BCUT2D eigenvalue weighted by Crippen LogP contribution is -2.11. The second-order valence-electron chi connectivity index (χ2n) is 3.29. The van der Waals surface area contributed by atoms with E-state index in [0.717, 1.165) is 17.4 Å². The summed E-state index contributed by atoms with van der Waals surface area (Å²) in [4.78, 5) is 21.3. The molecule has 0 bridgehead atoms. The molecular weight excluding hydrogens is 178 g/mol. The maximum absolute atomic E-state index is 10.7. The molecule has 1 rings (SSSR count). The van der Waals surface area contributed by atoms with Crippen LogP contribution in [0, 0.1) is 6.92 Å². The Labute approximate surface area is 82.9 Å². The first-order chi connectivity index (χ1) is 6.63. The predicted octanol–water partition coefficient (Wildman–Crippen LogP) is 1.23. The Morgan fingerprint density at radius 3 is 2.79 bits per heavy atom. The highest BCUT2D eigenvalue weighted by atomic mass is 16.1. The molecule has 1 amide bonds. The third-order valence-corrected chi connectivity index (χ3v) is 2.07. The lowest BCUT2D eigenvalue weighted by Gasteiger charge is -2.03. The van der Waals surface area contributed by atoms with E-state index >= 15 is 0 Å². The number of carbonyl (C=O) groups is 2. The van der Waals surface area contributed by atoms with Crippen molar-refractivity contribution in [2.45, 2.75) is 19.8 Å². The van der Waals surface area contributed by atoms with Gasteiger partial charge in [0.15, 0.2) is 0 Å². The number of amides is 1. The number of rotatable bonds is 4. The van der Waals surface area contributed by atoms with Gasteiger partial charge in [-0.3, -0.25) is 9.59 Å². The topological polar surface area (TPSA) is 60.2 Å². The van der Waals surface area contributed by atoms with Crippen molar-refractivity contribution in [3.8, 4) is 0 Å². The Bertz CT molecular complexity index is 358. The number of carbonyl (C=O) groups excluding carboxylic acids is 2. The summed E-state index contributed by atoms with van der Waals surface area (Å²) < 4.78 is 0. The van der Waals surface area contributed by atoms with Crippen LogP contribution in [0.3, 0.4) is 0 Å². The zero-order valence-electron chi connectivity index (χ0n) is 8.12. The Morgan fingerprint density at radius 2 is 2.21 bits per heavy atom. The summed E-state index contributed by atoms with van der Waals surface area (Å²) in [6.45, 7) is 1.92. The smallest absolute Gasteiger partial charge is 0.217 e. The number of hydrogen-bond donors (Lipinski definition) is 1. The lowest BCUT2D eigenvalue weighted by atomic mass is 10.0. The van der Waals surface area contributed by atoms with E-state index in [2.05, 4.69) is 0 Å². The molecule has 3 nitrogen and oxygen atoms in total. The van der Waals surface area contributed by atoms with Crippen LogP contribution in [0.15, 0.2) is 18.2 Å². The van der Waals surface area contributed by atoms with Crippen LogP contribution in [0.5, 0.6) is 0 Å². The average Bonchev–Trinajstić information content (AvgIpc) is 2.15. The normalized spacial score (nSPS) is 9.79. The molecule has 0 atom stereocenters. The van der Waals surface area contributed by atoms with Crippen molar-refractivity contribution in [1.29, 1.82) is 0 Å². The van der Waals surface area contributed by atoms with Gasteiger partial charge in [-0.1, -0.05) is 17.7 Å². The number of primary amides is 1. The van der Waals surface area contributed by atoms with Crippen LogP contribution in [0.25, 0.3) is 0 Å². The van der Waals surface area contributed by atoms with Gasteiger partial charge in [-0.15, -0.1) is 0 Å². The molecule has 0 radical (unpaired) electrons. The van der Waals surface area contributed by atoms with Crippen molar-refractivity contribution >= 4 is 12.2 Å². The second-order valence-corrected chi connectivity index (χ2v) is 3.29. The molecule has 0 spiro atoms. The van der Waals surface area contributed by atoms with Gasteiger partial charge >= 0.3 is 0 Å². The molecule has 1 aromatic carbocycles. The maximum atomic E-state index is 10.7. The minimum atomic E-state index is -0.345. The minimum Gasteiger partial charge on any atom is -0.370 e. The zero-order chi connectivity index (χ0) is 10.6. The van der Waals surface area contributed by atoms with Gasteiger partial charge < -0.3 is 5.73 Å². The molecule has 0 unspecified atom stereocenters. The Hall–Kier alpha value is -1.64. The SMILES string of the molecule is Cc1ccc(CCC(N)=O)c(C=O)c1. The minimum absolute atomic E-state index is 0.282. The van der Waals surface area contributed by atoms with Gasteiger partial charge in [0.1, 0.15) is 6.29 Å². The van der Waals surface area contributed by atoms with Crippen molar-refractivity contribution in [2.75, 3.05) is 0 Å². The van der Waals surface area contributed by atoms with E-state index in [1.807, 2.05) is 25.1 Å². The summed E-state index contributed by atoms with van der Waals surface area (Å²) in [7, 11) is 0. The van der Waals surface area contributed by atoms with E-state index in [1.165, 1.54) is 0 Å². The Morgan fingerprint density at radius 1 is 1.50 bits per heavy atom. The van der Waals surface area contributed by atoms with Crippen LogP contribution in [-0.4, -0.2) is 12.2 Å². The van der Waals surface area contributed by atoms with Crippen LogP contribution in [0.4, 0.5) is 0 Å². The van der Waals surface area contributed by atoms with Crippen LogP contribution in [0.2, 0.25) is 0 Å². The fourth-order valence-electron chi connectivity index (χ4n) is 1.31. The number of hydrogen-bond acceptors (Lipinski definition) is 2. The molecule has 0 aliphatic carbocycles. The van der Waals surface area contributed by atoms with E-state index in [0.29, 0.717) is 12.0 Å². The van der Waals surface area contributed by atoms with Crippen molar-refractivity contribution in [2.24, 2.45) is 5.73 Å². The zero-order valence-corrected chi connectivity index (χ0v) is 8.12. The fourth-order valence-corrected chi connectivity index (χ4v) is 1.31. The first kappa shape index (κ1) is 10.4.